The van der Waals surface area contributed by atoms with Crippen molar-refractivity contribution in [3.8, 4) is 0 Å². The van der Waals surface area contributed by atoms with Gasteiger partial charge < -0.3 is 10.4 Å². The van der Waals surface area contributed by atoms with Crippen LogP contribution >= 0.6 is 0 Å². The van der Waals surface area contributed by atoms with Crippen molar-refractivity contribution in [3.05, 3.63) is 29.8 Å². The van der Waals surface area contributed by atoms with Crippen molar-refractivity contribution >= 4 is 11.6 Å². The summed E-state index contributed by atoms with van der Waals surface area (Å²) in [5.41, 5.74) is 1.67. The minimum atomic E-state index is -0.465. The first-order chi connectivity index (χ1) is 8.65. The smallest absolute Gasteiger partial charge is 0.224 e. The summed E-state index contributed by atoms with van der Waals surface area (Å²) in [5.74, 6) is 0.674. The number of benzene rings is 1. The Morgan fingerprint density at radius 2 is 1.94 bits per heavy atom. The Morgan fingerprint density at radius 1 is 1.33 bits per heavy atom. The number of aliphatic hydroxyl groups excluding tert-OH is 1. The average Bonchev–Trinajstić information content (AvgIpc) is 2.82. The third kappa shape index (κ3) is 3.57. The predicted molar refractivity (Wildman–Crippen MR) is 72.3 cm³/mol. The number of nitrogens with one attached hydrogen (secondary N) is 1. The molecule has 1 saturated carbocycles. The minimum Gasteiger partial charge on any atom is -0.389 e. The van der Waals surface area contributed by atoms with Gasteiger partial charge in [-0.25, -0.2) is 0 Å². The van der Waals surface area contributed by atoms with Gasteiger partial charge in [0.2, 0.25) is 5.91 Å². The highest BCUT2D eigenvalue weighted by atomic mass is 16.3. The van der Waals surface area contributed by atoms with Gasteiger partial charge in [-0.15, -0.1) is 0 Å². The van der Waals surface area contributed by atoms with Crippen LogP contribution < -0.4 is 5.32 Å². The van der Waals surface area contributed by atoms with E-state index in [1.165, 1.54) is 25.7 Å². The maximum atomic E-state index is 11.8. The number of aliphatic hydroxyl groups is 1. The molecule has 3 heteroatoms. The molecule has 0 heterocycles. The number of amides is 1. The summed E-state index contributed by atoms with van der Waals surface area (Å²) in [4.78, 5) is 11.8. The zero-order chi connectivity index (χ0) is 13.0. The highest BCUT2D eigenvalue weighted by Gasteiger charge is 2.18. The Morgan fingerprint density at radius 3 is 2.50 bits per heavy atom. The highest BCUT2D eigenvalue weighted by Crippen LogP contribution is 2.27. The lowest BCUT2D eigenvalue weighted by Gasteiger charge is -2.10. The standard InChI is InChI=1S/C15H21NO2/c1-11(17)13-6-8-14(9-7-13)16-15(18)10-12-4-2-3-5-12/h6-9,11-12,17H,2-5,10H2,1H3,(H,16,18). The van der Waals surface area contributed by atoms with Crippen LogP contribution in [0, 0.1) is 5.92 Å². The van der Waals surface area contributed by atoms with Crippen molar-refractivity contribution < 1.29 is 9.90 Å². The summed E-state index contributed by atoms with van der Waals surface area (Å²) in [6.45, 7) is 1.73. The molecular weight excluding hydrogens is 226 g/mol. The topological polar surface area (TPSA) is 49.3 Å². The van der Waals surface area contributed by atoms with Crippen LogP contribution in [0.15, 0.2) is 24.3 Å². The van der Waals surface area contributed by atoms with Crippen molar-refractivity contribution in [2.45, 2.75) is 45.1 Å². The fraction of sp³-hybridized carbons (Fsp3) is 0.533. The van der Waals surface area contributed by atoms with Gasteiger partial charge in [0.25, 0.3) is 0 Å². The van der Waals surface area contributed by atoms with Crippen LogP contribution in [0.1, 0.15) is 50.7 Å². The van der Waals surface area contributed by atoms with Gasteiger partial charge in [-0.3, -0.25) is 4.79 Å². The van der Waals surface area contributed by atoms with E-state index >= 15 is 0 Å². The molecule has 1 aromatic rings. The molecule has 18 heavy (non-hydrogen) atoms. The van der Waals surface area contributed by atoms with E-state index in [0.717, 1.165) is 11.3 Å². The summed E-state index contributed by atoms with van der Waals surface area (Å²) < 4.78 is 0. The Bertz CT molecular complexity index is 391. The Kier molecular flexibility index (Phi) is 4.37. The molecule has 0 aliphatic heterocycles. The lowest BCUT2D eigenvalue weighted by molar-refractivity contribution is -0.117. The molecule has 1 aromatic carbocycles. The lowest BCUT2D eigenvalue weighted by Crippen LogP contribution is -2.15. The number of anilines is 1. The van der Waals surface area contributed by atoms with E-state index in [-0.39, 0.29) is 5.91 Å². The Labute approximate surface area is 108 Å². The largest absolute Gasteiger partial charge is 0.389 e. The highest BCUT2D eigenvalue weighted by molar-refractivity contribution is 5.90. The van der Waals surface area contributed by atoms with E-state index in [1.54, 1.807) is 6.92 Å². The molecule has 1 atom stereocenters. The zero-order valence-electron chi connectivity index (χ0n) is 10.9. The zero-order valence-corrected chi connectivity index (χ0v) is 10.9. The van der Waals surface area contributed by atoms with Crippen LogP contribution in [-0.4, -0.2) is 11.0 Å². The van der Waals surface area contributed by atoms with Crippen LogP contribution in [0.3, 0.4) is 0 Å². The molecule has 0 bridgehead atoms. The fourth-order valence-corrected chi connectivity index (χ4v) is 2.53. The summed E-state index contributed by atoms with van der Waals surface area (Å²) >= 11 is 0. The summed E-state index contributed by atoms with van der Waals surface area (Å²) in [7, 11) is 0. The van der Waals surface area contributed by atoms with Crippen LogP contribution in [0.4, 0.5) is 5.69 Å². The van der Waals surface area contributed by atoms with Gasteiger partial charge in [0.1, 0.15) is 0 Å². The van der Waals surface area contributed by atoms with Gasteiger partial charge in [0, 0.05) is 12.1 Å². The molecule has 0 aromatic heterocycles. The molecule has 1 fully saturated rings. The summed E-state index contributed by atoms with van der Waals surface area (Å²) in [5, 5.41) is 12.3. The summed E-state index contributed by atoms with van der Waals surface area (Å²) in [6.07, 6.45) is 5.08. The quantitative estimate of drug-likeness (QED) is 0.858. The van der Waals surface area contributed by atoms with Gasteiger partial charge in [0.05, 0.1) is 6.10 Å². The van der Waals surface area contributed by atoms with Gasteiger partial charge >= 0.3 is 0 Å². The first-order valence-corrected chi connectivity index (χ1v) is 6.73. The van der Waals surface area contributed by atoms with Crippen molar-refractivity contribution in [3.63, 3.8) is 0 Å². The second-order valence-corrected chi connectivity index (χ2v) is 5.20. The number of hydrogen-bond donors (Lipinski definition) is 2. The van der Waals surface area contributed by atoms with Crippen LogP contribution in [0.2, 0.25) is 0 Å². The average molecular weight is 247 g/mol. The van der Waals surface area contributed by atoms with Crippen LogP contribution in [0.25, 0.3) is 0 Å². The van der Waals surface area contributed by atoms with Crippen LogP contribution in [0.5, 0.6) is 0 Å². The fourth-order valence-electron chi connectivity index (χ4n) is 2.53. The van der Waals surface area contributed by atoms with Gasteiger partial charge in [0.15, 0.2) is 0 Å². The monoisotopic (exact) mass is 247 g/mol. The molecule has 1 aliphatic rings. The van der Waals surface area contributed by atoms with Gasteiger partial charge in [-0.2, -0.15) is 0 Å². The molecule has 1 aliphatic carbocycles. The van der Waals surface area contributed by atoms with Crippen molar-refractivity contribution in [1.82, 2.24) is 0 Å². The van der Waals surface area contributed by atoms with E-state index in [0.29, 0.717) is 12.3 Å². The van der Waals surface area contributed by atoms with E-state index < -0.39 is 6.10 Å². The number of hydrogen-bond acceptors (Lipinski definition) is 2. The first-order valence-electron chi connectivity index (χ1n) is 6.73. The molecule has 0 saturated heterocycles. The second-order valence-electron chi connectivity index (χ2n) is 5.20. The van der Waals surface area contributed by atoms with E-state index in [4.69, 9.17) is 0 Å². The number of carbonyl (C=O) groups excluding carboxylic acids is 1. The van der Waals surface area contributed by atoms with E-state index in [2.05, 4.69) is 5.32 Å². The molecule has 0 spiro atoms. The molecule has 0 radical (unpaired) electrons. The number of rotatable bonds is 4. The molecule has 3 nitrogen and oxygen atoms in total. The third-order valence-corrected chi connectivity index (χ3v) is 3.63. The first kappa shape index (κ1) is 13.1. The normalized spacial score (nSPS) is 17.7. The molecule has 2 rings (SSSR count). The lowest BCUT2D eigenvalue weighted by atomic mass is 10.0. The predicted octanol–water partition coefficient (Wildman–Crippen LogP) is 3.26. The SMILES string of the molecule is CC(O)c1ccc(NC(=O)CC2CCCC2)cc1. The van der Waals surface area contributed by atoms with E-state index in [9.17, 15) is 9.90 Å². The minimum absolute atomic E-state index is 0.103. The Balaban J connectivity index is 1.86. The maximum absolute atomic E-state index is 11.8. The van der Waals surface area contributed by atoms with E-state index in [1.807, 2.05) is 24.3 Å². The maximum Gasteiger partial charge on any atom is 0.224 e. The Hall–Kier alpha value is -1.35. The number of carbonyl (C=O) groups is 1. The van der Waals surface area contributed by atoms with Gasteiger partial charge in [-0.1, -0.05) is 25.0 Å². The molecule has 98 valence electrons. The third-order valence-electron chi connectivity index (χ3n) is 3.63. The van der Waals surface area contributed by atoms with Crippen LogP contribution in [-0.2, 0) is 4.79 Å². The molecule has 2 N–H and O–H groups in total. The summed E-state index contributed by atoms with van der Waals surface area (Å²) in [6, 6.07) is 7.37. The molecular formula is C15H21NO2. The molecule has 1 unspecified atom stereocenters. The molecule has 1 amide bonds. The van der Waals surface area contributed by atoms with Gasteiger partial charge in [-0.05, 0) is 43.4 Å². The second kappa shape index (κ2) is 6.01. The van der Waals surface area contributed by atoms with Crippen molar-refractivity contribution in [2.24, 2.45) is 5.92 Å². The van der Waals surface area contributed by atoms with Crippen molar-refractivity contribution in [2.75, 3.05) is 5.32 Å². The van der Waals surface area contributed by atoms with Crippen molar-refractivity contribution in [1.29, 1.82) is 0 Å².